The molecule has 1 N–H and O–H groups in total. The second-order valence-electron chi connectivity index (χ2n) is 7.58. The van der Waals surface area contributed by atoms with Crippen molar-refractivity contribution in [2.45, 2.75) is 25.3 Å². The van der Waals surface area contributed by atoms with Crippen molar-refractivity contribution in [3.63, 3.8) is 0 Å². The van der Waals surface area contributed by atoms with Crippen LogP contribution in [0, 0.1) is 0 Å². The predicted molar refractivity (Wildman–Crippen MR) is 130 cm³/mol. The lowest BCUT2D eigenvalue weighted by Crippen LogP contribution is -2.33. The van der Waals surface area contributed by atoms with Crippen LogP contribution in [0.15, 0.2) is 53.6 Å². The van der Waals surface area contributed by atoms with E-state index in [1.807, 2.05) is 13.8 Å². The summed E-state index contributed by atoms with van der Waals surface area (Å²) < 4.78 is 38.5. The maximum atomic E-state index is 13.2. The zero-order valence-corrected chi connectivity index (χ0v) is 20.5. The van der Waals surface area contributed by atoms with Crippen molar-refractivity contribution in [3.05, 3.63) is 48.7 Å². The van der Waals surface area contributed by atoms with E-state index in [2.05, 4.69) is 5.32 Å². The number of hydrogen-bond donors (Lipinski definition) is 1. The van der Waals surface area contributed by atoms with Crippen molar-refractivity contribution in [3.8, 4) is 11.5 Å². The van der Waals surface area contributed by atoms with E-state index < -0.39 is 21.5 Å². The smallest absolute Gasteiger partial charge is 0.242 e. The molecule has 9 nitrogen and oxygen atoms in total. The number of nitrogens with one attached hydrogen (secondary N) is 1. The Hall–Kier alpha value is -3.53. The molecule has 0 bridgehead atoms. The fourth-order valence-corrected chi connectivity index (χ4v) is 5.12. The van der Waals surface area contributed by atoms with Crippen LogP contribution >= 0.6 is 0 Å². The number of nitrogens with zero attached hydrogens (tertiary/aromatic N) is 2. The molecule has 0 saturated heterocycles. The van der Waals surface area contributed by atoms with Gasteiger partial charge in [0.25, 0.3) is 0 Å². The van der Waals surface area contributed by atoms with Gasteiger partial charge in [-0.1, -0.05) is 18.2 Å². The van der Waals surface area contributed by atoms with Crippen LogP contribution in [0.3, 0.4) is 0 Å². The molecule has 0 aliphatic rings. The van der Waals surface area contributed by atoms with Gasteiger partial charge in [-0.3, -0.25) is 9.59 Å². The minimum Gasteiger partial charge on any atom is -0.497 e. The minimum absolute atomic E-state index is 0.00675. The molecule has 0 saturated carbocycles. The highest BCUT2D eigenvalue weighted by atomic mass is 32.2. The van der Waals surface area contributed by atoms with E-state index in [9.17, 15) is 18.0 Å². The summed E-state index contributed by atoms with van der Waals surface area (Å²) in [4.78, 5) is 27.0. The van der Waals surface area contributed by atoms with Crippen LogP contribution in [-0.2, 0) is 26.0 Å². The number of amides is 2. The number of benzene rings is 2. The number of aromatic nitrogens is 1. The average Bonchev–Trinajstić information content (AvgIpc) is 3.19. The van der Waals surface area contributed by atoms with Crippen molar-refractivity contribution in [1.29, 1.82) is 0 Å². The summed E-state index contributed by atoms with van der Waals surface area (Å²) in [6.07, 6.45) is 1.43. The molecule has 0 aliphatic carbocycles. The van der Waals surface area contributed by atoms with E-state index in [-0.39, 0.29) is 17.3 Å². The zero-order chi connectivity index (χ0) is 24.9. The van der Waals surface area contributed by atoms with Crippen molar-refractivity contribution in [2.24, 2.45) is 0 Å². The van der Waals surface area contributed by atoms with Gasteiger partial charge in [0.2, 0.25) is 11.8 Å². The maximum absolute atomic E-state index is 13.2. The lowest BCUT2D eigenvalue weighted by molar-refractivity contribution is -0.131. The summed E-state index contributed by atoms with van der Waals surface area (Å²) in [5, 5.41) is 3.05. The first-order valence-corrected chi connectivity index (χ1v) is 12.5. The molecule has 2 amide bonds. The second-order valence-corrected chi connectivity index (χ2v) is 9.54. The Morgan fingerprint density at radius 1 is 1.03 bits per heavy atom. The molecule has 0 unspecified atom stereocenters. The minimum atomic E-state index is -4.01. The van der Waals surface area contributed by atoms with E-state index >= 15 is 0 Å². The highest BCUT2D eigenvalue weighted by molar-refractivity contribution is 7.92. The number of rotatable bonds is 10. The summed E-state index contributed by atoms with van der Waals surface area (Å²) in [7, 11) is -1.06. The molecule has 0 atom stereocenters. The van der Waals surface area contributed by atoms with Gasteiger partial charge in [-0.25, -0.2) is 8.42 Å². The van der Waals surface area contributed by atoms with Gasteiger partial charge in [-0.05, 0) is 32.0 Å². The lowest BCUT2D eigenvalue weighted by Gasteiger charge is -2.19. The summed E-state index contributed by atoms with van der Waals surface area (Å²) in [5.74, 6) is -0.704. The van der Waals surface area contributed by atoms with Gasteiger partial charge in [0.15, 0.2) is 9.84 Å². The predicted octanol–water partition coefficient (Wildman–Crippen LogP) is 2.94. The number of ether oxygens (including phenoxy) is 2. The van der Waals surface area contributed by atoms with Crippen molar-refractivity contribution < 1.29 is 27.5 Å². The molecule has 34 heavy (non-hydrogen) atoms. The monoisotopic (exact) mass is 487 g/mol. The fraction of sp³-hybridized carbons (Fsp3) is 0.333. The van der Waals surface area contributed by atoms with Crippen molar-refractivity contribution in [2.75, 3.05) is 38.4 Å². The quantitative estimate of drug-likeness (QED) is 0.471. The number of sulfone groups is 1. The van der Waals surface area contributed by atoms with E-state index in [1.54, 1.807) is 51.9 Å². The number of carbonyl (C=O) groups is 2. The summed E-state index contributed by atoms with van der Waals surface area (Å²) in [6, 6.07) is 11.7. The first-order valence-electron chi connectivity index (χ1n) is 10.8. The summed E-state index contributed by atoms with van der Waals surface area (Å²) in [5.41, 5.74) is 0.939. The molecular weight excluding hydrogens is 458 g/mol. The van der Waals surface area contributed by atoms with E-state index in [0.29, 0.717) is 41.2 Å². The van der Waals surface area contributed by atoms with Gasteiger partial charge in [-0.15, -0.1) is 0 Å². The van der Waals surface area contributed by atoms with Crippen LogP contribution in [0.25, 0.3) is 10.9 Å². The van der Waals surface area contributed by atoms with Gasteiger partial charge < -0.3 is 24.3 Å². The van der Waals surface area contributed by atoms with Crippen molar-refractivity contribution in [1.82, 2.24) is 9.47 Å². The SMILES string of the molecule is CCN(CC)C(=O)Cn1cc(S(=O)(=O)CC(=O)Nc2ccc(OC)cc2OC)c2ccccc21. The third-order valence-electron chi connectivity index (χ3n) is 5.51. The Labute approximate surface area is 199 Å². The third kappa shape index (κ3) is 5.33. The number of likely N-dealkylation sites (N-methyl/N-ethyl adjacent to an activating group) is 1. The number of fused-ring (bicyclic) bond motifs is 1. The molecule has 10 heteroatoms. The normalized spacial score (nSPS) is 11.3. The topological polar surface area (TPSA) is 107 Å². The van der Waals surface area contributed by atoms with E-state index in [4.69, 9.17) is 9.47 Å². The van der Waals surface area contributed by atoms with E-state index in [1.165, 1.54) is 20.4 Å². The Kier molecular flexibility index (Phi) is 7.83. The standard InChI is InChI=1S/C24H29N3O6S/c1-5-26(6-2)24(29)15-27-14-22(18-9-7-8-10-20(18)27)34(30,31)16-23(28)25-19-12-11-17(32-3)13-21(19)33-4/h7-14H,5-6,15-16H2,1-4H3,(H,25,28). The van der Waals surface area contributed by atoms with Crippen LogP contribution in [0.5, 0.6) is 11.5 Å². The van der Waals surface area contributed by atoms with Crippen LogP contribution < -0.4 is 14.8 Å². The van der Waals surface area contributed by atoms with E-state index in [0.717, 1.165) is 0 Å². The van der Waals surface area contributed by atoms with Gasteiger partial charge >= 0.3 is 0 Å². The molecular formula is C24H29N3O6S. The first-order chi connectivity index (χ1) is 16.2. The van der Waals surface area contributed by atoms with Crippen LogP contribution in [0.1, 0.15) is 13.8 Å². The maximum Gasteiger partial charge on any atom is 0.242 e. The Morgan fingerprint density at radius 2 is 1.74 bits per heavy atom. The van der Waals surface area contributed by atoms with Crippen LogP contribution in [0.4, 0.5) is 5.69 Å². The molecule has 2 aromatic carbocycles. The summed E-state index contributed by atoms with van der Waals surface area (Å²) in [6.45, 7) is 4.92. The molecule has 3 rings (SSSR count). The molecule has 1 aromatic heterocycles. The second kappa shape index (κ2) is 10.6. The average molecular weight is 488 g/mol. The number of methoxy groups -OCH3 is 2. The Morgan fingerprint density at radius 3 is 2.38 bits per heavy atom. The Bertz CT molecular complexity index is 1300. The largest absolute Gasteiger partial charge is 0.497 e. The highest BCUT2D eigenvalue weighted by Gasteiger charge is 2.26. The number of para-hydroxylation sites is 1. The van der Waals surface area contributed by atoms with Gasteiger partial charge in [-0.2, -0.15) is 0 Å². The zero-order valence-electron chi connectivity index (χ0n) is 19.7. The van der Waals surface area contributed by atoms with Crippen LogP contribution in [-0.4, -0.2) is 62.8 Å². The molecule has 0 aliphatic heterocycles. The molecule has 0 spiro atoms. The number of carbonyl (C=O) groups excluding carboxylic acids is 2. The highest BCUT2D eigenvalue weighted by Crippen LogP contribution is 2.30. The summed E-state index contributed by atoms with van der Waals surface area (Å²) >= 11 is 0. The van der Waals surface area contributed by atoms with Gasteiger partial charge in [0.1, 0.15) is 23.8 Å². The van der Waals surface area contributed by atoms with Gasteiger partial charge in [0.05, 0.1) is 24.8 Å². The third-order valence-corrected chi connectivity index (χ3v) is 7.15. The molecule has 182 valence electrons. The van der Waals surface area contributed by atoms with Crippen LogP contribution in [0.2, 0.25) is 0 Å². The fourth-order valence-electron chi connectivity index (χ4n) is 3.75. The lowest BCUT2D eigenvalue weighted by atomic mass is 10.2. The molecule has 1 heterocycles. The molecule has 0 radical (unpaired) electrons. The number of hydrogen-bond acceptors (Lipinski definition) is 6. The molecule has 0 fully saturated rings. The number of anilines is 1. The first kappa shape index (κ1) is 25.1. The Balaban J connectivity index is 1.88. The molecule has 3 aromatic rings. The van der Waals surface area contributed by atoms with Gasteiger partial charge in [0, 0.05) is 36.3 Å². The van der Waals surface area contributed by atoms with Crippen molar-refractivity contribution >= 4 is 38.2 Å².